The lowest BCUT2D eigenvalue weighted by Gasteiger charge is -2.17. The quantitative estimate of drug-likeness (QED) is 0.736. The fourth-order valence-electron chi connectivity index (χ4n) is 2.85. The number of amides is 1. The van der Waals surface area contributed by atoms with Crippen molar-refractivity contribution in [1.82, 2.24) is 5.32 Å². The zero-order chi connectivity index (χ0) is 15.5. The maximum Gasteiger partial charge on any atom is 0.220 e. The van der Waals surface area contributed by atoms with Crippen LogP contribution in [0.5, 0.6) is 0 Å². The summed E-state index contributed by atoms with van der Waals surface area (Å²) in [5.41, 5.74) is 1.13. The van der Waals surface area contributed by atoms with Crippen molar-refractivity contribution in [2.24, 2.45) is 10.2 Å². The highest BCUT2D eigenvalue weighted by Gasteiger charge is 2.44. The number of benzene rings is 1. The third kappa shape index (κ3) is 3.36. The van der Waals surface area contributed by atoms with Crippen LogP contribution in [-0.2, 0) is 10.2 Å². The summed E-state index contributed by atoms with van der Waals surface area (Å²) in [4.78, 5) is 12.1. The van der Waals surface area contributed by atoms with Gasteiger partial charge in [-0.15, -0.1) is 12.3 Å². The van der Waals surface area contributed by atoms with E-state index in [1.165, 1.54) is 5.56 Å². The molecule has 3 rings (SSSR count). The molecule has 0 aromatic heterocycles. The Labute approximate surface area is 131 Å². The van der Waals surface area contributed by atoms with Gasteiger partial charge in [0, 0.05) is 37.6 Å². The standard InChI is InChI=1S/C18H21N3O/c1-2-3-10-18(20-21-18)11-9-16(22)19-14-17(12-13-17)15-7-5-4-6-8-15/h1,4-8H,3,9-14H2,(H,19,22). The van der Waals surface area contributed by atoms with Crippen LogP contribution in [0.25, 0.3) is 0 Å². The molecule has 1 heterocycles. The Morgan fingerprint density at radius 3 is 2.55 bits per heavy atom. The molecule has 0 atom stereocenters. The molecular formula is C18H21N3O. The van der Waals surface area contributed by atoms with Crippen molar-refractivity contribution >= 4 is 5.91 Å². The van der Waals surface area contributed by atoms with E-state index in [-0.39, 0.29) is 17.0 Å². The summed E-state index contributed by atoms with van der Waals surface area (Å²) in [6, 6.07) is 10.4. The SMILES string of the molecule is C#CCCC1(CCC(=O)NCC2(c3ccccc3)CC2)N=N1. The number of hydrogen-bond acceptors (Lipinski definition) is 3. The number of carbonyl (C=O) groups is 1. The lowest BCUT2D eigenvalue weighted by atomic mass is 9.96. The maximum absolute atomic E-state index is 12.1. The first kappa shape index (κ1) is 14.8. The third-order valence-electron chi connectivity index (χ3n) is 4.67. The molecule has 1 aliphatic carbocycles. The van der Waals surface area contributed by atoms with E-state index in [2.05, 4.69) is 45.7 Å². The van der Waals surface area contributed by atoms with E-state index in [0.717, 1.165) is 25.8 Å². The van der Waals surface area contributed by atoms with Crippen molar-refractivity contribution in [3.8, 4) is 12.3 Å². The lowest BCUT2D eigenvalue weighted by molar-refractivity contribution is -0.121. The number of nitrogens with one attached hydrogen (secondary N) is 1. The molecule has 1 aliphatic heterocycles. The Kier molecular flexibility index (Phi) is 3.98. The highest BCUT2D eigenvalue weighted by molar-refractivity contribution is 5.76. The minimum absolute atomic E-state index is 0.0830. The van der Waals surface area contributed by atoms with Gasteiger partial charge in [0.1, 0.15) is 0 Å². The molecule has 4 heteroatoms. The van der Waals surface area contributed by atoms with Crippen LogP contribution >= 0.6 is 0 Å². The molecule has 1 amide bonds. The molecule has 0 bridgehead atoms. The number of hydrogen-bond donors (Lipinski definition) is 1. The highest BCUT2D eigenvalue weighted by atomic mass is 16.1. The second-order valence-corrected chi connectivity index (χ2v) is 6.31. The van der Waals surface area contributed by atoms with Gasteiger partial charge in [-0.05, 0) is 18.4 Å². The first-order chi connectivity index (χ1) is 10.7. The predicted molar refractivity (Wildman–Crippen MR) is 85.3 cm³/mol. The van der Waals surface area contributed by atoms with Crippen LogP contribution < -0.4 is 5.32 Å². The summed E-state index contributed by atoms with van der Waals surface area (Å²) in [7, 11) is 0. The van der Waals surface area contributed by atoms with Gasteiger partial charge in [0.15, 0.2) is 5.66 Å². The van der Waals surface area contributed by atoms with E-state index < -0.39 is 0 Å². The molecule has 2 aliphatic rings. The Morgan fingerprint density at radius 1 is 1.23 bits per heavy atom. The molecule has 1 fully saturated rings. The largest absolute Gasteiger partial charge is 0.355 e. The summed E-state index contributed by atoms with van der Waals surface area (Å²) in [6.45, 7) is 0.724. The van der Waals surface area contributed by atoms with Gasteiger partial charge in [-0.25, -0.2) is 0 Å². The van der Waals surface area contributed by atoms with Crippen LogP contribution in [-0.4, -0.2) is 18.1 Å². The third-order valence-corrected chi connectivity index (χ3v) is 4.67. The van der Waals surface area contributed by atoms with Crippen LogP contribution in [0, 0.1) is 12.3 Å². The molecule has 114 valence electrons. The van der Waals surface area contributed by atoms with Crippen LogP contribution in [0.3, 0.4) is 0 Å². The molecule has 0 radical (unpaired) electrons. The smallest absolute Gasteiger partial charge is 0.220 e. The number of rotatable bonds is 8. The van der Waals surface area contributed by atoms with E-state index in [1.54, 1.807) is 0 Å². The Balaban J connectivity index is 1.43. The maximum atomic E-state index is 12.1. The Morgan fingerprint density at radius 2 is 1.95 bits per heavy atom. The van der Waals surface area contributed by atoms with Crippen molar-refractivity contribution in [2.75, 3.05) is 6.54 Å². The zero-order valence-corrected chi connectivity index (χ0v) is 12.7. The Hall–Kier alpha value is -2.15. The first-order valence-corrected chi connectivity index (χ1v) is 7.88. The number of nitrogens with zero attached hydrogens (tertiary/aromatic N) is 2. The van der Waals surface area contributed by atoms with Crippen molar-refractivity contribution in [3.63, 3.8) is 0 Å². The van der Waals surface area contributed by atoms with Gasteiger partial charge >= 0.3 is 0 Å². The second kappa shape index (κ2) is 5.92. The predicted octanol–water partition coefficient (Wildman–Crippen LogP) is 3.19. The minimum Gasteiger partial charge on any atom is -0.355 e. The zero-order valence-electron chi connectivity index (χ0n) is 12.7. The summed E-state index contributed by atoms with van der Waals surface area (Å²) in [5, 5.41) is 11.2. The van der Waals surface area contributed by atoms with Gasteiger partial charge in [0.2, 0.25) is 5.91 Å². The van der Waals surface area contributed by atoms with Gasteiger partial charge in [-0.2, -0.15) is 10.2 Å². The molecular weight excluding hydrogens is 274 g/mol. The van der Waals surface area contributed by atoms with Gasteiger partial charge in [0.25, 0.3) is 0 Å². The molecule has 1 aromatic carbocycles. The Bertz CT molecular complexity index is 605. The van der Waals surface area contributed by atoms with Gasteiger partial charge in [0.05, 0.1) is 0 Å². The van der Waals surface area contributed by atoms with Crippen LogP contribution in [0.2, 0.25) is 0 Å². The van der Waals surface area contributed by atoms with Crippen molar-refractivity contribution in [2.45, 2.75) is 49.6 Å². The highest BCUT2D eigenvalue weighted by Crippen LogP contribution is 2.47. The average molecular weight is 295 g/mol. The van der Waals surface area contributed by atoms with Crippen molar-refractivity contribution in [1.29, 1.82) is 0 Å². The topological polar surface area (TPSA) is 53.8 Å². The molecule has 4 nitrogen and oxygen atoms in total. The summed E-state index contributed by atoms with van der Waals surface area (Å²) in [5.74, 6) is 2.69. The number of carbonyl (C=O) groups excluding carboxylic acids is 1. The molecule has 22 heavy (non-hydrogen) atoms. The van der Waals surface area contributed by atoms with Crippen molar-refractivity contribution < 1.29 is 4.79 Å². The number of terminal acetylenes is 1. The molecule has 1 aromatic rings. The summed E-state index contributed by atoms with van der Waals surface area (Å²) < 4.78 is 0. The van der Waals surface area contributed by atoms with Crippen LogP contribution in [0.4, 0.5) is 0 Å². The van der Waals surface area contributed by atoms with E-state index in [4.69, 9.17) is 6.42 Å². The molecule has 0 spiro atoms. The van der Waals surface area contributed by atoms with Gasteiger partial charge in [-0.1, -0.05) is 30.3 Å². The van der Waals surface area contributed by atoms with E-state index >= 15 is 0 Å². The van der Waals surface area contributed by atoms with E-state index in [0.29, 0.717) is 19.3 Å². The minimum atomic E-state index is -0.361. The monoisotopic (exact) mass is 295 g/mol. The molecule has 1 N–H and O–H groups in total. The molecule has 1 saturated carbocycles. The van der Waals surface area contributed by atoms with Crippen LogP contribution in [0.15, 0.2) is 40.6 Å². The average Bonchev–Trinajstić information content (AvgIpc) is 3.46. The fourth-order valence-corrected chi connectivity index (χ4v) is 2.85. The van der Waals surface area contributed by atoms with E-state index in [9.17, 15) is 4.79 Å². The van der Waals surface area contributed by atoms with E-state index in [1.807, 2.05) is 6.07 Å². The fraction of sp³-hybridized carbons (Fsp3) is 0.500. The van der Waals surface area contributed by atoms with Gasteiger partial charge < -0.3 is 5.32 Å². The molecule has 0 unspecified atom stereocenters. The first-order valence-electron chi connectivity index (χ1n) is 7.88. The molecule has 0 saturated heterocycles. The summed E-state index contributed by atoms with van der Waals surface area (Å²) in [6.07, 6.45) is 10.1. The summed E-state index contributed by atoms with van der Waals surface area (Å²) >= 11 is 0. The second-order valence-electron chi connectivity index (χ2n) is 6.31. The normalized spacial score (nSPS) is 19.2. The van der Waals surface area contributed by atoms with Crippen molar-refractivity contribution in [3.05, 3.63) is 35.9 Å². The lowest BCUT2D eigenvalue weighted by Crippen LogP contribution is -2.32. The van der Waals surface area contributed by atoms with Crippen LogP contribution in [0.1, 0.15) is 44.1 Å². The van der Waals surface area contributed by atoms with Gasteiger partial charge in [-0.3, -0.25) is 4.79 Å².